The van der Waals surface area contributed by atoms with E-state index in [1.54, 1.807) is 22.8 Å². The number of rotatable bonds is 13. The zero-order valence-electron chi connectivity index (χ0n) is 36.1. The summed E-state index contributed by atoms with van der Waals surface area (Å²) in [5.74, 6) is 0.153. The molecule has 4 aromatic carbocycles. The van der Waals surface area contributed by atoms with Gasteiger partial charge in [-0.15, -0.1) is 5.10 Å². The number of non-ortho nitro benzene ring substituents is 1. The number of piperidine rings is 1. The minimum atomic E-state index is -2.52. The van der Waals surface area contributed by atoms with Crippen molar-refractivity contribution in [1.29, 1.82) is 0 Å². The molecule has 0 bridgehead atoms. The van der Waals surface area contributed by atoms with Gasteiger partial charge in [-0.25, -0.2) is 0 Å². The monoisotopic (exact) mass is 870 g/mol. The van der Waals surface area contributed by atoms with E-state index >= 15 is 4.79 Å². The lowest BCUT2D eigenvalue weighted by Crippen LogP contribution is -2.55. The van der Waals surface area contributed by atoms with E-state index in [2.05, 4.69) is 64.8 Å². The number of aliphatic hydroxyl groups is 1. The zero-order valence-corrected chi connectivity index (χ0v) is 37.1. The normalized spacial score (nSPS) is 23.0. The number of benzene rings is 4. The summed E-state index contributed by atoms with van der Waals surface area (Å²) < 4.78 is 14.5. The molecule has 1 aromatic heterocycles. The first kappa shape index (κ1) is 42.4. The number of amides is 2. The largest absolute Gasteiger partial charge is 0.497 e. The Morgan fingerprint density at radius 2 is 1.71 bits per heavy atom. The second-order valence-corrected chi connectivity index (χ2v) is 22.5. The Hall–Kier alpha value is -5.94. The molecule has 2 N–H and O–H groups in total. The highest BCUT2D eigenvalue weighted by Crippen LogP contribution is 2.60. The van der Waals surface area contributed by atoms with Crippen LogP contribution in [0.15, 0.2) is 103 Å². The first-order chi connectivity index (χ1) is 30.4. The molecule has 3 fully saturated rings. The van der Waals surface area contributed by atoms with E-state index in [-0.39, 0.29) is 42.1 Å². The number of fused-ring (bicyclic) bond motifs is 2. The average Bonchev–Trinajstić information content (AvgIpc) is 4.02. The van der Waals surface area contributed by atoms with E-state index in [9.17, 15) is 20.0 Å². The van der Waals surface area contributed by atoms with Gasteiger partial charge in [0.2, 0.25) is 0 Å². The molecule has 2 spiro atoms. The number of nitrogens with zero attached hydrogens (tertiary/aromatic N) is 7. The minimum Gasteiger partial charge on any atom is -0.497 e. The third-order valence-electron chi connectivity index (χ3n) is 14.1. The Morgan fingerprint density at radius 1 is 0.968 bits per heavy atom. The lowest BCUT2D eigenvalue weighted by Gasteiger charge is -2.39. The number of nitro benzene ring substituents is 1. The van der Waals surface area contributed by atoms with Crippen LogP contribution in [0.5, 0.6) is 5.75 Å². The van der Waals surface area contributed by atoms with Gasteiger partial charge in [0, 0.05) is 60.8 Å². The van der Waals surface area contributed by atoms with E-state index in [1.165, 1.54) is 17.3 Å². The maximum atomic E-state index is 15.6. The molecule has 9 rings (SSSR count). The van der Waals surface area contributed by atoms with Crippen LogP contribution >= 0.6 is 0 Å². The molecule has 0 radical (unpaired) electrons. The second-order valence-electron chi connectivity index (χ2n) is 17.8. The van der Waals surface area contributed by atoms with E-state index in [0.29, 0.717) is 55.8 Å². The van der Waals surface area contributed by atoms with E-state index in [0.717, 1.165) is 35.8 Å². The Balaban J connectivity index is 1.08. The van der Waals surface area contributed by atoms with Crippen LogP contribution in [0.1, 0.15) is 43.0 Å². The molecule has 4 aliphatic heterocycles. The number of aliphatic hydroxyl groups excluding tert-OH is 1. The van der Waals surface area contributed by atoms with Crippen LogP contribution < -0.4 is 29.9 Å². The third-order valence-corrected chi connectivity index (χ3v) is 18.5. The molecule has 0 saturated carbocycles. The van der Waals surface area contributed by atoms with Crippen LogP contribution in [0.4, 0.5) is 22.7 Å². The van der Waals surface area contributed by atoms with Crippen molar-refractivity contribution in [2.45, 2.75) is 81.6 Å². The van der Waals surface area contributed by atoms with Gasteiger partial charge in [0.05, 0.1) is 50.8 Å². The fourth-order valence-electron chi connectivity index (χ4n) is 11.0. The molecule has 0 aliphatic carbocycles. The maximum Gasteiger partial charge on any atom is 0.269 e. The molecule has 4 aliphatic rings. The molecule has 2 amide bonds. The minimum absolute atomic E-state index is 0.0372. The summed E-state index contributed by atoms with van der Waals surface area (Å²) in [5, 5.41) is 35.0. The van der Waals surface area contributed by atoms with Crippen molar-refractivity contribution in [1.82, 2.24) is 20.3 Å². The summed E-state index contributed by atoms with van der Waals surface area (Å²) in [4.78, 5) is 47.9. The quantitative estimate of drug-likeness (QED) is 0.0870. The van der Waals surface area contributed by atoms with Gasteiger partial charge >= 0.3 is 0 Å². The third kappa shape index (κ3) is 7.18. The predicted octanol–water partition coefficient (Wildman–Crippen LogP) is 5.52. The molecule has 0 unspecified atom stereocenters. The van der Waals surface area contributed by atoms with Crippen molar-refractivity contribution in [3.63, 3.8) is 0 Å². The standard InChI is InChI=1S/C47H54N8O7Si/c1-32-43(63(3,4)39-16-14-38(61-2)15-17-39)42(19-25-51-30-34(20-26-56)49-50-51)62-47(32)40-28-37(55(59)60)13-18-41(40)52(45(47)58)29-33-9-8-12-36(27-33)53-31-54(35-10-6-5-7-11-35)46(44(53)57)21-23-48-24-22-46/h5-18,27-28,30,32,42-43,48,56H,19-26,29,31H2,1-4H3/t32-,42+,43-,47+/m0/s1. The van der Waals surface area contributed by atoms with Crippen molar-refractivity contribution < 1.29 is 29.1 Å². The number of aryl methyl sites for hydroxylation is 1. The number of hydrogen-bond donors (Lipinski definition) is 2. The Kier molecular flexibility index (Phi) is 11.2. The fraction of sp³-hybridized carbons (Fsp3) is 0.404. The van der Waals surface area contributed by atoms with E-state index in [1.807, 2.05) is 65.7 Å². The number of aromatic nitrogens is 3. The first-order valence-corrected chi connectivity index (χ1v) is 24.9. The summed E-state index contributed by atoms with van der Waals surface area (Å²) >= 11 is 0. The second kappa shape index (κ2) is 16.6. The van der Waals surface area contributed by atoms with Gasteiger partial charge < -0.3 is 29.7 Å². The fourth-order valence-corrected chi connectivity index (χ4v) is 15.0. The SMILES string of the molecule is COc1ccc([Si](C)(C)[C@@H]2[C@@H](CCn3cc(CCO)nn3)O[C@]3(C(=O)N(Cc4cccc(N5CN(c6ccccc6)C6(CCNCC6)C5=O)c4)c4ccc([N+](=O)[O-])cc43)[C@H]2C)cc1. The molecule has 4 atom stereocenters. The molecule has 16 heteroatoms. The number of nitrogens with one attached hydrogen (secondary N) is 1. The summed E-state index contributed by atoms with van der Waals surface area (Å²) in [5.41, 5.74) is 1.87. The highest BCUT2D eigenvalue weighted by atomic mass is 28.3. The van der Waals surface area contributed by atoms with E-state index in [4.69, 9.17) is 9.47 Å². The van der Waals surface area contributed by atoms with Crippen LogP contribution in [-0.4, -0.2) is 90.0 Å². The lowest BCUT2D eigenvalue weighted by molar-refractivity contribution is -0.385. The van der Waals surface area contributed by atoms with Crippen molar-refractivity contribution in [2.75, 3.05) is 48.2 Å². The summed E-state index contributed by atoms with van der Waals surface area (Å²) in [6.07, 6.45) is 3.67. The van der Waals surface area contributed by atoms with Crippen LogP contribution in [-0.2, 0) is 39.4 Å². The van der Waals surface area contributed by atoms with Crippen molar-refractivity contribution in [3.8, 4) is 5.75 Å². The van der Waals surface area contributed by atoms with Crippen molar-refractivity contribution in [3.05, 3.63) is 130 Å². The number of hydrogen-bond acceptors (Lipinski definition) is 11. The zero-order chi connectivity index (χ0) is 44.1. The molecule has 5 heterocycles. The first-order valence-electron chi connectivity index (χ1n) is 21.8. The maximum absolute atomic E-state index is 15.6. The highest BCUT2D eigenvalue weighted by Gasteiger charge is 2.66. The molecule has 328 valence electrons. The van der Waals surface area contributed by atoms with Crippen LogP contribution in [0.25, 0.3) is 0 Å². The number of methoxy groups -OCH3 is 1. The molecule has 5 aromatic rings. The Bertz CT molecular complexity index is 2510. The van der Waals surface area contributed by atoms with Gasteiger partial charge in [-0.2, -0.15) is 0 Å². The molecule has 15 nitrogen and oxygen atoms in total. The summed E-state index contributed by atoms with van der Waals surface area (Å²) in [7, 11) is -0.876. The van der Waals surface area contributed by atoms with Gasteiger partial charge in [0.1, 0.15) is 11.3 Å². The highest BCUT2D eigenvalue weighted by molar-refractivity contribution is 6.91. The van der Waals surface area contributed by atoms with Crippen LogP contribution in [0, 0.1) is 16.0 Å². The number of anilines is 3. The number of carbonyl (C=O) groups is 2. The smallest absolute Gasteiger partial charge is 0.269 e. The van der Waals surface area contributed by atoms with Crippen LogP contribution in [0.3, 0.4) is 0 Å². The van der Waals surface area contributed by atoms with Crippen LogP contribution in [0.2, 0.25) is 18.6 Å². The van der Waals surface area contributed by atoms with Gasteiger partial charge in [-0.1, -0.05) is 72.9 Å². The lowest BCUT2D eigenvalue weighted by atomic mass is 9.82. The molecular weight excluding hydrogens is 817 g/mol. The molecule has 3 saturated heterocycles. The predicted molar refractivity (Wildman–Crippen MR) is 242 cm³/mol. The van der Waals surface area contributed by atoms with Gasteiger partial charge in [-0.3, -0.25) is 29.3 Å². The number of para-hydroxylation sites is 1. The van der Waals surface area contributed by atoms with Gasteiger partial charge in [-0.05, 0) is 85.9 Å². The van der Waals surface area contributed by atoms with Crippen molar-refractivity contribution in [2.24, 2.45) is 5.92 Å². The van der Waals surface area contributed by atoms with Gasteiger partial charge in [0.25, 0.3) is 17.5 Å². The van der Waals surface area contributed by atoms with Crippen molar-refractivity contribution >= 4 is 47.8 Å². The molecular formula is C47H54N8O7Si. The Morgan fingerprint density at radius 3 is 2.43 bits per heavy atom. The van der Waals surface area contributed by atoms with E-state index < -0.39 is 30.2 Å². The average molecular weight is 871 g/mol. The number of nitro groups is 1. The van der Waals surface area contributed by atoms with Gasteiger partial charge in [0.15, 0.2) is 5.60 Å². The summed E-state index contributed by atoms with van der Waals surface area (Å²) in [6, 6.07) is 30.7. The number of ether oxygens (including phenoxy) is 2. The summed E-state index contributed by atoms with van der Waals surface area (Å²) in [6.45, 7) is 9.12. The molecule has 63 heavy (non-hydrogen) atoms. The Labute approximate surface area is 367 Å². The number of carbonyl (C=O) groups excluding carboxylic acids is 2. The topological polar surface area (TPSA) is 168 Å².